The van der Waals surface area contributed by atoms with Crippen molar-refractivity contribution in [2.75, 3.05) is 12.0 Å². The normalized spacial score (nSPS) is 11.0. The molecule has 206 valence electrons. The van der Waals surface area contributed by atoms with Gasteiger partial charge >= 0.3 is 0 Å². The Kier molecular flexibility index (Phi) is 7.57. The number of methoxy groups -OCH3 is 1. The van der Waals surface area contributed by atoms with E-state index >= 15 is 0 Å². The van der Waals surface area contributed by atoms with Crippen molar-refractivity contribution in [3.05, 3.63) is 149 Å². The first-order valence-electron chi connectivity index (χ1n) is 13.8. The van der Waals surface area contributed by atoms with Crippen LogP contribution in [0.15, 0.2) is 115 Å². The second-order valence-electron chi connectivity index (χ2n) is 10.1. The fourth-order valence-corrected chi connectivity index (χ4v) is 5.37. The van der Waals surface area contributed by atoms with Gasteiger partial charge in [-0.15, -0.1) is 0 Å². The summed E-state index contributed by atoms with van der Waals surface area (Å²) in [6.45, 7) is 7.86. The van der Waals surface area contributed by atoms with Crippen molar-refractivity contribution in [3.8, 4) is 11.8 Å². The van der Waals surface area contributed by atoms with Crippen LogP contribution < -0.4 is 9.64 Å². The summed E-state index contributed by atoms with van der Waals surface area (Å²) in [6, 6.07) is 39.9. The molecular formula is C38H27N3O2. The van der Waals surface area contributed by atoms with Crippen molar-refractivity contribution in [1.82, 2.24) is 0 Å². The third kappa shape index (κ3) is 5.29. The van der Waals surface area contributed by atoms with Crippen LogP contribution in [-0.4, -0.2) is 12.2 Å². The minimum absolute atomic E-state index is 0.00365. The van der Waals surface area contributed by atoms with Gasteiger partial charge in [-0.2, -0.15) is 5.26 Å². The quantitative estimate of drug-likeness (QED) is 0.121. The molecule has 0 radical (unpaired) electrons. The van der Waals surface area contributed by atoms with Gasteiger partial charge in [0.25, 0.3) is 0 Å². The first-order chi connectivity index (χ1) is 21.1. The van der Waals surface area contributed by atoms with E-state index in [-0.39, 0.29) is 6.61 Å². The van der Waals surface area contributed by atoms with Crippen LogP contribution in [0.1, 0.15) is 22.3 Å². The summed E-state index contributed by atoms with van der Waals surface area (Å²) in [7, 11) is 1.65. The predicted octanol–water partition coefficient (Wildman–Crippen LogP) is 9.56. The Bertz CT molecular complexity index is 2000. The Morgan fingerprint density at radius 2 is 1.30 bits per heavy atom. The maximum atomic E-state index is 9.91. The van der Waals surface area contributed by atoms with Gasteiger partial charge in [0.2, 0.25) is 5.69 Å². The van der Waals surface area contributed by atoms with E-state index in [9.17, 15) is 10.4 Å². The van der Waals surface area contributed by atoms with Crippen LogP contribution >= 0.6 is 0 Å². The zero-order valence-corrected chi connectivity index (χ0v) is 23.5. The van der Waals surface area contributed by atoms with Gasteiger partial charge in [-0.1, -0.05) is 78.9 Å². The molecule has 0 aliphatic carbocycles. The molecule has 6 rings (SSSR count). The van der Waals surface area contributed by atoms with Crippen molar-refractivity contribution < 1.29 is 9.84 Å². The Labute approximate surface area is 250 Å². The van der Waals surface area contributed by atoms with Crippen LogP contribution in [0.2, 0.25) is 0 Å². The monoisotopic (exact) mass is 557 g/mol. The summed E-state index contributed by atoms with van der Waals surface area (Å²) in [5.74, 6) is 0.786. The van der Waals surface area contributed by atoms with E-state index in [0.29, 0.717) is 11.3 Å². The van der Waals surface area contributed by atoms with Gasteiger partial charge in [0.15, 0.2) is 0 Å². The van der Waals surface area contributed by atoms with E-state index < -0.39 is 0 Å². The highest BCUT2D eigenvalue weighted by Gasteiger charge is 2.15. The van der Waals surface area contributed by atoms with Crippen LogP contribution in [0.25, 0.3) is 38.5 Å². The van der Waals surface area contributed by atoms with Crippen LogP contribution in [-0.2, 0) is 6.61 Å². The third-order valence-corrected chi connectivity index (χ3v) is 7.57. The molecule has 0 saturated carbocycles. The van der Waals surface area contributed by atoms with Gasteiger partial charge in [-0.05, 0) is 86.8 Å². The molecule has 0 unspecified atom stereocenters. The maximum absolute atomic E-state index is 9.91. The van der Waals surface area contributed by atoms with Gasteiger partial charge in [-0.25, -0.2) is 4.85 Å². The first-order valence-corrected chi connectivity index (χ1v) is 13.8. The van der Waals surface area contributed by atoms with Gasteiger partial charge in [0.05, 0.1) is 25.9 Å². The lowest BCUT2D eigenvalue weighted by atomic mass is 9.94. The number of nitrogens with zero attached hydrogens (tertiary/aromatic N) is 3. The largest absolute Gasteiger partial charge is 0.497 e. The topological polar surface area (TPSA) is 60.9 Å². The minimum Gasteiger partial charge on any atom is -0.497 e. The molecule has 0 aliphatic rings. The number of aliphatic hydroxyl groups excluding tert-OH is 1. The number of nitriles is 1. The number of rotatable bonds is 7. The molecule has 0 amide bonds. The molecule has 6 aromatic rings. The Morgan fingerprint density at radius 3 is 1.91 bits per heavy atom. The molecule has 0 aromatic heterocycles. The number of ether oxygens (including phenoxy) is 1. The zero-order chi connectivity index (χ0) is 29.8. The predicted molar refractivity (Wildman–Crippen MR) is 175 cm³/mol. The second-order valence-corrected chi connectivity index (χ2v) is 10.1. The molecular weight excluding hydrogens is 530 g/mol. The molecule has 0 atom stereocenters. The van der Waals surface area contributed by atoms with Crippen LogP contribution in [0.5, 0.6) is 5.75 Å². The first kappa shape index (κ1) is 27.3. The highest BCUT2D eigenvalue weighted by Crippen LogP contribution is 2.39. The molecule has 5 nitrogen and oxygen atoms in total. The SMILES string of the molecule is [C-]#[N+]c1c2ccccc2c(C#N)c2ccc(/C=C\c3ccc(N(c4ccc(CO)cc4)c4ccc(OC)cc4)cc3)cc12. The smallest absolute Gasteiger partial charge is 0.202 e. The summed E-state index contributed by atoms with van der Waals surface area (Å²) in [5, 5.41) is 22.6. The summed E-state index contributed by atoms with van der Waals surface area (Å²) >= 11 is 0. The lowest BCUT2D eigenvalue weighted by molar-refractivity contribution is 0.282. The van der Waals surface area contributed by atoms with E-state index in [0.717, 1.165) is 61.0 Å². The minimum atomic E-state index is -0.00365. The molecule has 0 aliphatic heterocycles. The molecule has 0 fully saturated rings. The molecule has 5 heteroatoms. The molecule has 43 heavy (non-hydrogen) atoms. The lowest BCUT2D eigenvalue weighted by Crippen LogP contribution is -2.10. The van der Waals surface area contributed by atoms with Crippen molar-refractivity contribution in [2.24, 2.45) is 0 Å². The molecule has 0 bridgehead atoms. The molecule has 1 N–H and O–H groups in total. The highest BCUT2D eigenvalue weighted by molar-refractivity contribution is 6.15. The zero-order valence-electron chi connectivity index (χ0n) is 23.5. The van der Waals surface area contributed by atoms with Gasteiger partial charge in [0, 0.05) is 17.1 Å². The van der Waals surface area contributed by atoms with Crippen LogP contribution in [0.3, 0.4) is 0 Å². The van der Waals surface area contributed by atoms with Gasteiger partial charge in [0.1, 0.15) is 11.8 Å². The van der Waals surface area contributed by atoms with E-state index in [4.69, 9.17) is 11.3 Å². The highest BCUT2D eigenvalue weighted by atomic mass is 16.5. The van der Waals surface area contributed by atoms with E-state index in [1.54, 1.807) is 7.11 Å². The summed E-state index contributed by atoms with van der Waals surface area (Å²) in [6.07, 6.45) is 4.07. The second kappa shape index (κ2) is 11.9. The van der Waals surface area contributed by atoms with Crippen LogP contribution in [0, 0.1) is 17.9 Å². The van der Waals surface area contributed by atoms with E-state index in [1.807, 2.05) is 103 Å². The van der Waals surface area contributed by atoms with Crippen molar-refractivity contribution in [1.29, 1.82) is 5.26 Å². The Morgan fingerprint density at radius 1 is 0.744 bits per heavy atom. The number of anilines is 3. The number of benzene rings is 6. The van der Waals surface area contributed by atoms with Crippen molar-refractivity contribution >= 4 is 56.4 Å². The number of fused-ring (bicyclic) bond motifs is 2. The van der Waals surface area contributed by atoms with Crippen molar-refractivity contribution in [2.45, 2.75) is 6.61 Å². The van der Waals surface area contributed by atoms with Crippen LogP contribution in [0.4, 0.5) is 22.7 Å². The van der Waals surface area contributed by atoms with E-state index in [2.05, 4.69) is 40.1 Å². The third-order valence-electron chi connectivity index (χ3n) is 7.57. The van der Waals surface area contributed by atoms with Gasteiger partial charge in [-0.3, -0.25) is 0 Å². The molecule has 0 spiro atoms. The lowest BCUT2D eigenvalue weighted by Gasteiger charge is -2.26. The summed E-state index contributed by atoms with van der Waals surface area (Å²) in [4.78, 5) is 6.00. The van der Waals surface area contributed by atoms with E-state index in [1.165, 1.54) is 0 Å². The summed E-state index contributed by atoms with van der Waals surface area (Å²) < 4.78 is 5.35. The fraction of sp³-hybridized carbons (Fsp3) is 0.0526. The molecule has 0 heterocycles. The molecule has 6 aromatic carbocycles. The summed E-state index contributed by atoms with van der Waals surface area (Å²) in [5.41, 5.74) is 6.93. The maximum Gasteiger partial charge on any atom is 0.202 e. The molecule has 0 saturated heterocycles. The average molecular weight is 558 g/mol. The van der Waals surface area contributed by atoms with Crippen molar-refractivity contribution in [3.63, 3.8) is 0 Å². The van der Waals surface area contributed by atoms with Gasteiger partial charge < -0.3 is 14.7 Å². The Balaban J connectivity index is 1.34. The number of aliphatic hydroxyl groups is 1. The Hall–Kier alpha value is -5.88. The number of hydrogen-bond donors (Lipinski definition) is 1. The fourth-order valence-electron chi connectivity index (χ4n) is 5.37. The number of hydrogen-bond acceptors (Lipinski definition) is 4. The standard InChI is InChI=1S/C38H27N3O2/c1-40-38-35-6-4-3-5-33(35)37(24-39)34-22-13-27(23-36(34)38)8-7-26-9-14-29(15-10-26)41(30-16-11-28(25-42)12-17-30)31-18-20-32(43-2)21-19-31/h3-23,42H,25H2,2H3/b8-7-. The average Bonchev–Trinajstić information content (AvgIpc) is 3.07.